The van der Waals surface area contributed by atoms with Gasteiger partial charge in [0.2, 0.25) is 0 Å². The number of pyridine rings is 1. The average Bonchev–Trinajstić information content (AvgIpc) is 2.75. The van der Waals surface area contributed by atoms with Crippen LogP contribution in [-0.4, -0.2) is 46.1 Å². The van der Waals surface area contributed by atoms with Crippen molar-refractivity contribution in [3.05, 3.63) is 30.1 Å². The van der Waals surface area contributed by atoms with E-state index in [1.54, 1.807) is 31.3 Å². The Kier molecular flexibility index (Phi) is 4.17. The Hall–Kier alpha value is -1.76. The van der Waals surface area contributed by atoms with Gasteiger partial charge < -0.3 is 15.3 Å². The number of nitrogens with one attached hydrogen (secondary N) is 1. The molecule has 0 aliphatic carbocycles. The SMILES string of the molecule is CC(NC(=O)N1CC(F)(F)CC1CO)c1ccccn1. The highest BCUT2D eigenvalue weighted by atomic mass is 19.3. The minimum Gasteiger partial charge on any atom is -0.394 e. The second-order valence-corrected chi connectivity index (χ2v) is 4.95. The molecule has 0 bridgehead atoms. The number of amides is 2. The molecule has 1 aromatic heterocycles. The van der Waals surface area contributed by atoms with Crippen LogP contribution >= 0.6 is 0 Å². The first-order valence-corrected chi connectivity index (χ1v) is 6.40. The summed E-state index contributed by atoms with van der Waals surface area (Å²) in [5.74, 6) is -2.95. The summed E-state index contributed by atoms with van der Waals surface area (Å²) < 4.78 is 26.6. The van der Waals surface area contributed by atoms with Crippen molar-refractivity contribution >= 4 is 6.03 Å². The molecule has 5 nitrogen and oxygen atoms in total. The van der Waals surface area contributed by atoms with Crippen LogP contribution in [0.3, 0.4) is 0 Å². The molecule has 2 amide bonds. The number of urea groups is 1. The summed E-state index contributed by atoms with van der Waals surface area (Å²) in [5.41, 5.74) is 0.646. The van der Waals surface area contributed by atoms with Crippen LogP contribution in [0.15, 0.2) is 24.4 Å². The van der Waals surface area contributed by atoms with Crippen molar-refractivity contribution in [3.8, 4) is 0 Å². The average molecular weight is 285 g/mol. The van der Waals surface area contributed by atoms with E-state index < -0.39 is 43.6 Å². The van der Waals surface area contributed by atoms with Gasteiger partial charge in [0.1, 0.15) is 0 Å². The zero-order valence-corrected chi connectivity index (χ0v) is 11.1. The molecule has 7 heteroatoms. The standard InChI is InChI=1S/C13H17F2N3O2/c1-9(11-4-2-3-5-16-11)17-12(20)18-8-13(14,15)6-10(18)7-19/h2-5,9-10,19H,6-8H2,1H3,(H,17,20). The summed E-state index contributed by atoms with van der Waals surface area (Å²) >= 11 is 0. The Morgan fingerprint density at radius 1 is 1.65 bits per heavy atom. The number of alkyl halides is 2. The molecule has 0 spiro atoms. The zero-order chi connectivity index (χ0) is 14.8. The number of likely N-dealkylation sites (tertiary alicyclic amines) is 1. The Morgan fingerprint density at radius 3 is 3.00 bits per heavy atom. The van der Waals surface area contributed by atoms with Gasteiger partial charge in [0.25, 0.3) is 5.92 Å². The van der Waals surface area contributed by atoms with E-state index in [1.807, 2.05) is 0 Å². The van der Waals surface area contributed by atoms with Crippen LogP contribution in [0.2, 0.25) is 0 Å². The van der Waals surface area contributed by atoms with Crippen molar-refractivity contribution in [2.45, 2.75) is 31.4 Å². The Labute approximate surface area is 115 Å². The number of hydrogen-bond acceptors (Lipinski definition) is 3. The molecule has 2 rings (SSSR count). The molecule has 2 atom stereocenters. The van der Waals surface area contributed by atoms with Crippen LogP contribution in [0.1, 0.15) is 25.1 Å². The van der Waals surface area contributed by atoms with Crippen molar-refractivity contribution in [2.24, 2.45) is 0 Å². The van der Waals surface area contributed by atoms with E-state index >= 15 is 0 Å². The van der Waals surface area contributed by atoms with Gasteiger partial charge in [-0.15, -0.1) is 0 Å². The lowest BCUT2D eigenvalue weighted by molar-refractivity contribution is 0.0141. The van der Waals surface area contributed by atoms with Gasteiger partial charge >= 0.3 is 6.03 Å². The van der Waals surface area contributed by atoms with Crippen molar-refractivity contribution < 1.29 is 18.7 Å². The molecule has 1 saturated heterocycles. The van der Waals surface area contributed by atoms with E-state index in [9.17, 15) is 13.6 Å². The molecule has 1 aliphatic heterocycles. The molecule has 2 unspecified atom stereocenters. The van der Waals surface area contributed by atoms with Crippen LogP contribution in [0.5, 0.6) is 0 Å². The van der Waals surface area contributed by atoms with E-state index in [2.05, 4.69) is 10.3 Å². The number of carbonyl (C=O) groups excluding carboxylic acids is 1. The maximum Gasteiger partial charge on any atom is 0.318 e. The highest BCUT2D eigenvalue weighted by Crippen LogP contribution is 2.31. The molecule has 2 heterocycles. The fraction of sp³-hybridized carbons (Fsp3) is 0.538. The molecular weight excluding hydrogens is 268 g/mol. The van der Waals surface area contributed by atoms with Gasteiger partial charge in [-0.3, -0.25) is 4.98 Å². The molecule has 0 radical (unpaired) electrons. The van der Waals surface area contributed by atoms with E-state index in [-0.39, 0.29) is 0 Å². The van der Waals surface area contributed by atoms with E-state index in [1.165, 1.54) is 0 Å². The summed E-state index contributed by atoms with van der Waals surface area (Å²) in [5, 5.41) is 11.7. The molecule has 1 fully saturated rings. The number of nitrogens with zero attached hydrogens (tertiary/aromatic N) is 2. The zero-order valence-electron chi connectivity index (χ0n) is 11.1. The van der Waals surface area contributed by atoms with E-state index in [0.717, 1.165) is 4.90 Å². The maximum atomic E-state index is 13.3. The number of aliphatic hydroxyl groups excluding tert-OH is 1. The number of hydrogen-bond donors (Lipinski definition) is 2. The third-order valence-electron chi connectivity index (χ3n) is 3.32. The van der Waals surface area contributed by atoms with Crippen molar-refractivity contribution in [1.29, 1.82) is 0 Å². The monoisotopic (exact) mass is 285 g/mol. The molecule has 2 N–H and O–H groups in total. The Bertz CT molecular complexity index is 470. The Balaban J connectivity index is 2.01. The summed E-state index contributed by atoms with van der Waals surface area (Å²) in [7, 11) is 0. The largest absolute Gasteiger partial charge is 0.394 e. The lowest BCUT2D eigenvalue weighted by atomic mass is 10.2. The minimum absolute atomic E-state index is 0.391. The molecule has 1 aliphatic rings. The van der Waals surface area contributed by atoms with Crippen LogP contribution < -0.4 is 5.32 Å². The van der Waals surface area contributed by atoms with Crippen molar-refractivity contribution in [1.82, 2.24) is 15.2 Å². The van der Waals surface area contributed by atoms with Gasteiger partial charge in [-0.05, 0) is 19.1 Å². The fourth-order valence-corrected chi connectivity index (χ4v) is 2.27. The van der Waals surface area contributed by atoms with E-state index in [4.69, 9.17) is 5.11 Å². The number of aromatic nitrogens is 1. The number of carbonyl (C=O) groups is 1. The van der Waals surface area contributed by atoms with Crippen LogP contribution in [0.25, 0.3) is 0 Å². The summed E-state index contributed by atoms with van der Waals surface area (Å²) in [6, 6.07) is 3.43. The van der Waals surface area contributed by atoms with Gasteiger partial charge in [0.05, 0.1) is 30.9 Å². The normalized spacial score (nSPS) is 22.6. The molecule has 110 valence electrons. The van der Waals surface area contributed by atoms with Gasteiger partial charge in [-0.25, -0.2) is 13.6 Å². The lowest BCUT2D eigenvalue weighted by Gasteiger charge is -2.24. The van der Waals surface area contributed by atoms with E-state index in [0.29, 0.717) is 5.69 Å². The number of rotatable bonds is 3. The first kappa shape index (κ1) is 14.6. The first-order valence-electron chi connectivity index (χ1n) is 6.40. The number of halogens is 2. The van der Waals surface area contributed by atoms with Crippen LogP contribution in [0.4, 0.5) is 13.6 Å². The van der Waals surface area contributed by atoms with Crippen LogP contribution in [-0.2, 0) is 0 Å². The van der Waals surface area contributed by atoms with Gasteiger partial charge in [0, 0.05) is 12.6 Å². The minimum atomic E-state index is -2.95. The summed E-state index contributed by atoms with van der Waals surface area (Å²) in [6.45, 7) is 0.586. The molecule has 0 aromatic carbocycles. The predicted octanol–water partition coefficient (Wildman–Crippen LogP) is 1.55. The predicted molar refractivity (Wildman–Crippen MR) is 68.3 cm³/mol. The molecule has 20 heavy (non-hydrogen) atoms. The second kappa shape index (κ2) is 5.70. The quantitative estimate of drug-likeness (QED) is 0.885. The molecule has 1 aromatic rings. The van der Waals surface area contributed by atoms with Gasteiger partial charge in [-0.2, -0.15) is 0 Å². The molecular formula is C13H17F2N3O2. The summed E-state index contributed by atoms with van der Waals surface area (Å²) in [6.07, 6.45) is 1.09. The topological polar surface area (TPSA) is 65.5 Å². The van der Waals surface area contributed by atoms with Gasteiger partial charge in [0.15, 0.2) is 0 Å². The highest BCUT2D eigenvalue weighted by molar-refractivity contribution is 5.75. The van der Waals surface area contributed by atoms with Gasteiger partial charge in [-0.1, -0.05) is 6.07 Å². The van der Waals surface area contributed by atoms with Crippen molar-refractivity contribution in [3.63, 3.8) is 0 Å². The third kappa shape index (κ3) is 3.22. The van der Waals surface area contributed by atoms with Crippen LogP contribution in [0, 0.1) is 0 Å². The summed E-state index contributed by atoms with van der Waals surface area (Å²) in [4.78, 5) is 17.1. The second-order valence-electron chi connectivity index (χ2n) is 4.95. The van der Waals surface area contributed by atoms with Crippen molar-refractivity contribution in [2.75, 3.05) is 13.2 Å². The molecule has 0 saturated carbocycles. The smallest absolute Gasteiger partial charge is 0.318 e. The highest BCUT2D eigenvalue weighted by Gasteiger charge is 2.46. The lowest BCUT2D eigenvalue weighted by Crippen LogP contribution is -2.45. The first-order chi connectivity index (χ1) is 9.43. The maximum absolute atomic E-state index is 13.3. The fourth-order valence-electron chi connectivity index (χ4n) is 2.27. The third-order valence-corrected chi connectivity index (χ3v) is 3.32. The number of aliphatic hydroxyl groups is 1. The Morgan fingerprint density at radius 2 is 2.40 bits per heavy atom.